The van der Waals surface area contributed by atoms with E-state index in [1.165, 1.54) is 11.3 Å². The second-order valence-corrected chi connectivity index (χ2v) is 5.64. The lowest BCUT2D eigenvalue weighted by Crippen LogP contribution is -2.45. The summed E-state index contributed by atoms with van der Waals surface area (Å²) in [5, 5.41) is 0. The topological polar surface area (TPSA) is 29.5 Å². The molecule has 88 valence electrons. The molecule has 3 nitrogen and oxygen atoms in total. The lowest BCUT2D eigenvalue weighted by atomic mass is 10.2. The Balaban J connectivity index is 1.96. The summed E-state index contributed by atoms with van der Waals surface area (Å²) in [6.45, 7) is 4.78. The molecule has 1 atom stereocenters. The van der Waals surface area contributed by atoms with Gasteiger partial charge in [0.1, 0.15) is 0 Å². The molecule has 0 bridgehead atoms. The van der Waals surface area contributed by atoms with Crippen LogP contribution in [0.25, 0.3) is 0 Å². The minimum atomic E-state index is 0.144. The lowest BCUT2D eigenvalue weighted by molar-refractivity contribution is 0.00207. The normalized spacial score (nSPS) is 22.2. The fourth-order valence-electron chi connectivity index (χ4n) is 1.72. The van der Waals surface area contributed by atoms with Crippen LogP contribution in [-0.2, 0) is 4.74 Å². The van der Waals surface area contributed by atoms with Gasteiger partial charge in [-0.25, -0.2) is 0 Å². The van der Waals surface area contributed by atoms with Gasteiger partial charge in [-0.2, -0.15) is 0 Å². The van der Waals surface area contributed by atoms with Gasteiger partial charge in [-0.1, -0.05) is 11.6 Å². The van der Waals surface area contributed by atoms with Gasteiger partial charge in [0.15, 0.2) is 5.78 Å². The minimum Gasteiger partial charge on any atom is -0.379 e. The molecule has 1 aromatic rings. The van der Waals surface area contributed by atoms with E-state index in [1.807, 2.05) is 0 Å². The molecule has 0 N–H and O–H groups in total. The molecule has 0 aromatic carbocycles. The second kappa shape index (κ2) is 5.27. The van der Waals surface area contributed by atoms with Crippen LogP contribution in [-0.4, -0.2) is 43.0 Å². The van der Waals surface area contributed by atoms with Gasteiger partial charge >= 0.3 is 0 Å². The Bertz CT molecular complexity index is 380. The van der Waals surface area contributed by atoms with Crippen molar-refractivity contribution < 1.29 is 9.53 Å². The van der Waals surface area contributed by atoms with Crippen LogP contribution in [0.5, 0.6) is 0 Å². The molecule has 1 aliphatic heterocycles. The lowest BCUT2D eigenvalue weighted by Gasteiger charge is -2.32. The van der Waals surface area contributed by atoms with Crippen molar-refractivity contribution in [3.63, 3.8) is 0 Å². The number of Topliss-reactive ketones (excluding diaryl/α,β-unsaturated/α-hetero) is 1. The number of carbonyl (C=O) groups excluding carboxylic acids is 1. The van der Waals surface area contributed by atoms with Crippen molar-refractivity contribution >= 4 is 28.7 Å². The second-order valence-electron chi connectivity index (χ2n) is 3.92. The average molecular weight is 260 g/mol. The number of hydrogen-bond donors (Lipinski definition) is 0. The Labute approximate surface area is 104 Å². The summed E-state index contributed by atoms with van der Waals surface area (Å²) in [7, 11) is 0. The molecule has 0 aliphatic carbocycles. The Morgan fingerprint density at radius 2 is 2.50 bits per heavy atom. The number of rotatable bonds is 3. The van der Waals surface area contributed by atoms with E-state index in [4.69, 9.17) is 16.3 Å². The highest BCUT2D eigenvalue weighted by Gasteiger charge is 2.22. The predicted molar refractivity (Wildman–Crippen MR) is 65.5 cm³/mol. The minimum absolute atomic E-state index is 0.144. The molecule has 2 heterocycles. The molecule has 2 rings (SSSR count). The van der Waals surface area contributed by atoms with Crippen molar-refractivity contribution in [2.45, 2.75) is 13.0 Å². The number of nitrogens with zero attached hydrogens (tertiary/aromatic N) is 1. The molecule has 0 amide bonds. The monoisotopic (exact) mass is 259 g/mol. The van der Waals surface area contributed by atoms with Crippen molar-refractivity contribution in [2.75, 3.05) is 26.3 Å². The number of hydrogen-bond acceptors (Lipinski definition) is 4. The van der Waals surface area contributed by atoms with Gasteiger partial charge in [0.25, 0.3) is 0 Å². The van der Waals surface area contributed by atoms with Crippen LogP contribution >= 0.6 is 22.9 Å². The molecule has 5 heteroatoms. The fourth-order valence-corrected chi connectivity index (χ4v) is 2.70. The molecule has 0 radical (unpaired) electrons. The Kier molecular flexibility index (Phi) is 3.97. The first kappa shape index (κ1) is 12.0. The van der Waals surface area contributed by atoms with E-state index in [9.17, 15) is 4.79 Å². The summed E-state index contributed by atoms with van der Waals surface area (Å²) in [6, 6.07) is 3.87. The molecule has 1 aliphatic rings. The largest absolute Gasteiger partial charge is 0.379 e. The summed E-state index contributed by atoms with van der Waals surface area (Å²) in [5.74, 6) is 0.144. The number of ketones is 1. The van der Waals surface area contributed by atoms with Crippen molar-refractivity contribution in [3.05, 3.63) is 21.3 Å². The van der Waals surface area contributed by atoms with Gasteiger partial charge in [0.2, 0.25) is 0 Å². The highest BCUT2D eigenvalue weighted by Crippen LogP contribution is 2.22. The molecular weight excluding hydrogens is 246 g/mol. The zero-order valence-corrected chi connectivity index (χ0v) is 10.7. The van der Waals surface area contributed by atoms with Gasteiger partial charge in [-0.15, -0.1) is 11.3 Å². The summed E-state index contributed by atoms with van der Waals surface area (Å²) >= 11 is 7.15. The van der Waals surface area contributed by atoms with Crippen LogP contribution in [0.1, 0.15) is 16.6 Å². The number of thiophene rings is 1. The molecule has 1 fully saturated rings. The Hall–Kier alpha value is -0.420. The quantitative estimate of drug-likeness (QED) is 0.781. The molecule has 0 saturated carbocycles. The van der Waals surface area contributed by atoms with Gasteiger partial charge in [0.05, 0.1) is 29.0 Å². The van der Waals surface area contributed by atoms with E-state index in [1.54, 1.807) is 12.1 Å². The zero-order valence-electron chi connectivity index (χ0n) is 9.11. The SMILES string of the molecule is CC1COCCN1CC(=O)c1ccc(Cl)s1. The van der Waals surface area contributed by atoms with Crippen LogP contribution in [0.4, 0.5) is 0 Å². The number of halogens is 1. The van der Waals surface area contributed by atoms with Gasteiger partial charge < -0.3 is 4.74 Å². The number of carbonyl (C=O) groups is 1. The maximum atomic E-state index is 11.9. The first-order valence-corrected chi connectivity index (χ1v) is 6.46. The Morgan fingerprint density at radius 3 is 3.12 bits per heavy atom. The average Bonchev–Trinajstić information content (AvgIpc) is 2.68. The number of morpholine rings is 1. The van der Waals surface area contributed by atoms with E-state index in [2.05, 4.69) is 11.8 Å². The third kappa shape index (κ3) is 2.83. The maximum absolute atomic E-state index is 11.9. The molecule has 1 aromatic heterocycles. The number of ether oxygens (including phenoxy) is 1. The zero-order chi connectivity index (χ0) is 11.5. The van der Waals surface area contributed by atoms with Crippen LogP contribution in [0, 0.1) is 0 Å². The molecule has 1 saturated heterocycles. The van der Waals surface area contributed by atoms with Gasteiger partial charge in [0, 0.05) is 12.6 Å². The van der Waals surface area contributed by atoms with Crippen LogP contribution in [0.3, 0.4) is 0 Å². The van der Waals surface area contributed by atoms with Crippen LogP contribution in [0.2, 0.25) is 4.34 Å². The van der Waals surface area contributed by atoms with E-state index in [0.29, 0.717) is 30.1 Å². The predicted octanol–water partition coefficient (Wildman–Crippen LogP) is 2.30. The Morgan fingerprint density at radius 1 is 1.69 bits per heavy atom. The van der Waals surface area contributed by atoms with Crippen molar-refractivity contribution in [1.29, 1.82) is 0 Å². The molecule has 1 unspecified atom stereocenters. The van der Waals surface area contributed by atoms with Crippen LogP contribution < -0.4 is 0 Å². The summed E-state index contributed by atoms with van der Waals surface area (Å²) in [4.78, 5) is 14.8. The highest BCUT2D eigenvalue weighted by atomic mass is 35.5. The van der Waals surface area contributed by atoms with Crippen molar-refractivity contribution in [3.8, 4) is 0 Å². The first-order valence-electron chi connectivity index (χ1n) is 5.27. The summed E-state index contributed by atoms with van der Waals surface area (Å²) in [6.07, 6.45) is 0. The van der Waals surface area contributed by atoms with Gasteiger partial charge in [-0.3, -0.25) is 9.69 Å². The van der Waals surface area contributed by atoms with Gasteiger partial charge in [-0.05, 0) is 19.1 Å². The van der Waals surface area contributed by atoms with Crippen molar-refractivity contribution in [1.82, 2.24) is 4.90 Å². The smallest absolute Gasteiger partial charge is 0.186 e. The standard InChI is InChI=1S/C11H14ClNO2S/c1-8-7-15-5-4-13(8)6-9(14)10-2-3-11(12)16-10/h2-3,8H,4-7H2,1H3. The van der Waals surface area contributed by atoms with E-state index in [-0.39, 0.29) is 5.78 Å². The van der Waals surface area contributed by atoms with E-state index in [0.717, 1.165) is 11.4 Å². The van der Waals surface area contributed by atoms with Crippen molar-refractivity contribution in [2.24, 2.45) is 0 Å². The highest BCUT2D eigenvalue weighted by molar-refractivity contribution is 7.18. The van der Waals surface area contributed by atoms with E-state index >= 15 is 0 Å². The molecule has 0 spiro atoms. The molecular formula is C11H14ClNO2S. The molecule has 16 heavy (non-hydrogen) atoms. The first-order chi connectivity index (χ1) is 7.66. The van der Waals surface area contributed by atoms with Crippen LogP contribution in [0.15, 0.2) is 12.1 Å². The fraction of sp³-hybridized carbons (Fsp3) is 0.545. The third-order valence-corrected chi connectivity index (χ3v) is 3.97. The summed E-state index contributed by atoms with van der Waals surface area (Å²) < 4.78 is 6.00. The maximum Gasteiger partial charge on any atom is 0.186 e. The van der Waals surface area contributed by atoms with E-state index < -0.39 is 0 Å². The third-order valence-electron chi connectivity index (χ3n) is 2.70. The summed E-state index contributed by atoms with van der Waals surface area (Å²) in [5.41, 5.74) is 0.